The summed E-state index contributed by atoms with van der Waals surface area (Å²) in [5.74, 6) is -0.0674. The molecule has 1 aliphatic heterocycles. The number of benzene rings is 1. The van der Waals surface area contributed by atoms with E-state index in [1.165, 1.54) is 0 Å². The second-order valence-electron chi connectivity index (χ2n) is 4.59. The van der Waals surface area contributed by atoms with E-state index < -0.39 is 0 Å². The zero-order valence-electron chi connectivity index (χ0n) is 10.7. The topological polar surface area (TPSA) is 41.6 Å². The molecule has 104 valence electrons. The van der Waals surface area contributed by atoms with Crippen LogP contribution in [-0.2, 0) is 4.74 Å². The minimum atomic E-state index is -0.0674. The van der Waals surface area contributed by atoms with Gasteiger partial charge in [-0.25, -0.2) is 0 Å². The van der Waals surface area contributed by atoms with Crippen molar-refractivity contribution in [1.82, 2.24) is 10.2 Å². The van der Waals surface area contributed by atoms with Crippen LogP contribution in [0.25, 0.3) is 0 Å². The number of rotatable bonds is 3. The summed E-state index contributed by atoms with van der Waals surface area (Å²) >= 11 is 5.60. The van der Waals surface area contributed by atoms with Crippen LogP contribution in [0.15, 0.2) is 22.7 Å². The fourth-order valence-electron chi connectivity index (χ4n) is 1.96. The first-order valence-corrected chi connectivity index (χ1v) is 7.97. The van der Waals surface area contributed by atoms with Gasteiger partial charge in [-0.3, -0.25) is 4.79 Å². The van der Waals surface area contributed by atoms with Crippen molar-refractivity contribution in [2.45, 2.75) is 6.10 Å². The summed E-state index contributed by atoms with van der Waals surface area (Å²) in [4.78, 5) is 14.3. The SMILES string of the molecule is CN1CCOC(CNC(=O)c2cc(I)ccc2Br)C1. The highest BCUT2D eigenvalue weighted by Gasteiger charge is 2.19. The predicted octanol–water partition coefficient (Wildman–Crippen LogP) is 2.11. The molecule has 1 atom stereocenters. The maximum Gasteiger partial charge on any atom is 0.252 e. The second kappa shape index (κ2) is 7.01. The van der Waals surface area contributed by atoms with Gasteiger partial charge in [-0.1, -0.05) is 0 Å². The third-order valence-corrected chi connectivity index (χ3v) is 4.37. The van der Waals surface area contributed by atoms with E-state index >= 15 is 0 Å². The maximum atomic E-state index is 12.1. The van der Waals surface area contributed by atoms with Crippen molar-refractivity contribution < 1.29 is 9.53 Å². The molecule has 4 nitrogen and oxygen atoms in total. The molecule has 0 saturated carbocycles. The van der Waals surface area contributed by atoms with Gasteiger partial charge in [-0.15, -0.1) is 0 Å². The highest BCUT2D eigenvalue weighted by atomic mass is 127. The van der Waals surface area contributed by atoms with Crippen molar-refractivity contribution in [3.05, 3.63) is 31.8 Å². The van der Waals surface area contributed by atoms with Crippen LogP contribution in [-0.4, -0.2) is 50.2 Å². The van der Waals surface area contributed by atoms with E-state index in [0.29, 0.717) is 12.1 Å². The average molecular weight is 439 g/mol. The molecule has 1 aromatic carbocycles. The van der Waals surface area contributed by atoms with Gasteiger partial charge in [0.25, 0.3) is 5.91 Å². The molecule has 1 amide bonds. The zero-order chi connectivity index (χ0) is 13.8. The van der Waals surface area contributed by atoms with E-state index in [4.69, 9.17) is 4.74 Å². The summed E-state index contributed by atoms with van der Waals surface area (Å²) in [6.45, 7) is 3.08. The molecule has 1 heterocycles. The highest BCUT2D eigenvalue weighted by Crippen LogP contribution is 2.19. The van der Waals surface area contributed by atoms with Crippen LogP contribution in [0.5, 0.6) is 0 Å². The number of nitrogens with one attached hydrogen (secondary N) is 1. The number of likely N-dealkylation sites (N-methyl/N-ethyl adjacent to an activating group) is 1. The van der Waals surface area contributed by atoms with Crippen LogP contribution < -0.4 is 5.32 Å². The Morgan fingerprint density at radius 1 is 1.63 bits per heavy atom. The van der Waals surface area contributed by atoms with Crippen LogP contribution in [0, 0.1) is 3.57 Å². The summed E-state index contributed by atoms with van der Waals surface area (Å²) in [6.07, 6.45) is 0.0734. The molecule has 1 unspecified atom stereocenters. The first-order valence-electron chi connectivity index (χ1n) is 6.09. The number of carbonyl (C=O) groups excluding carboxylic acids is 1. The largest absolute Gasteiger partial charge is 0.374 e. The molecule has 19 heavy (non-hydrogen) atoms. The molecular weight excluding hydrogens is 423 g/mol. The van der Waals surface area contributed by atoms with Crippen molar-refractivity contribution in [2.75, 3.05) is 33.3 Å². The summed E-state index contributed by atoms with van der Waals surface area (Å²) in [6, 6.07) is 5.72. The lowest BCUT2D eigenvalue weighted by Gasteiger charge is -2.30. The lowest BCUT2D eigenvalue weighted by molar-refractivity contribution is -0.0175. The van der Waals surface area contributed by atoms with E-state index in [1.807, 2.05) is 18.2 Å². The quantitative estimate of drug-likeness (QED) is 0.735. The first kappa shape index (κ1) is 15.2. The Balaban J connectivity index is 1.92. The van der Waals surface area contributed by atoms with Gasteiger partial charge in [0.15, 0.2) is 0 Å². The van der Waals surface area contributed by atoms with E-state index in [0.717, 1.165) is 27.7 Å². The number of morpholine rings is 1. The monoisotopic (exact) mass is 438 g/mol. The Kier molecular flexibility index (Phi) is 5.61. The van der Waals surface area contributed by atoms with Gasteiger partial charge in [0.05, 0.1) is 18.3 Å². The molecule has 0 radical (unpaired) electrons. The van der Waals surface area contributed by atoms with Crippen molar-refractivity contribution in [3.8, 4) is 0 Å². The standard InChI is InChI=1S/C13H16BrIN2O2/c1-17-4-5-19-10(8-17)7-16-13(18)11-6-9(15)2-3-12(11)14/h2-3,6,10H,4-5,7-8H2,1H3,(H,16,18). The summed E-state index contributed by atoms with van der Waals surface area (Å²) in [5.41, 5.74) is 0.663. The normalized spacial score (nSPS) is 20.3. The molecule has 6 heteroatoms. The zero-order valence-corrected chi connectivity index (χ0v) is 14.4. The first-order chi connectivity index (χ1) is 9.06. The highest BCUT2D eigenvalue weighted by molar-refractivity contribution is 14.1. The van der Waals surface area contributed by atoms with Gasteiger partial charge in [-0.05, 0) is 63.8 Å². The van der Waals surface area contributed by atoms with Gasteiger partial charge < -0.3 is 15.0 Å². The number of nitrogens with zero attached hydrogens (tertiary/aromatic N) is 1. The third kappa shape index (κ3) is 4.40. The second-order valence-corrected chi connectivity index (χ2v) is 6.69. The Morgan fingerprint density at radius 3 is 3.16 bits per heavy atom. The third-order valence-electron chi connectivity index (χ3n) is 3.01. The number of ether oxygens (including phenoxy) is 1. The number of halogens is 2. The summed E-state index contributed by atoms with van der Waals surface area (Å²) in [5, 5.41) is 2.93. The van der Waals surface area contributed by atoms with Gasteiger partial charge in [0, 0.05) is 27.7 Å². The fraction of sp³-hybridized carbons (Fsp3) is 0.462. The van der Waals surface area contributed by atoms with Crippen molar-refractivity contribution >= 4 is 44.4 Å². The Morgan fingerprint density at radius 2 is 2.42 bits per heavy atom. The molecule has 1 saturated heterocycles. The van der Waals surface area contributed by atoms with Gasteiger partial charge in [0.1, 0.15) is 0 Å². The fourth-order valence-corrected chi connectivity index (χ4v) is 2.88. The van der Waals surface area contributed by atoms with Crippen LogP contribution in [0.2, 0.25) is 0 Å². The van der Waals surface area contributed by atoms with E-state index in [-0.39, 0.29) is 12.0 Å². The van der Waals surface area contributed by atoms with E-state index in [2.05, 4.69) is 55.8 Å². The maximum absolute atomic E-state index is 12.1. The molecule has 1 fully saturated rings. The molecule has 2 rings (SSSR count). The van der Waals surface area contributed by atoms with Crippen molar-refractivity contribution in [3.63, 3.8) is 0 Å². The lowest BCUT2D eigenvalue weighted by Crippen LogP contribution is -2.45. The summed E-state index contributed by atoms with van der Waals surface area (Å²) in [7, 11) is 2.06. The van der Waals surface area contributed by atoms with Gasteiger partial charge >= 0.3 is 0 Å². The van der Waals surface area contributed by atoms with Crippen LogP contribution >= 0.6 is 38.5 Å². The smallest absolute Gasteiger partial charge is 0.252 e. The van der Waals surface area contributed by atoms with E-state index in [1.54, 1.807) is 0 Å². The molecule has 0 aromatic heterocycles. The van der Waals surface area contributed by atoms with Crippen molar-refractivity contribution in [2.24, 2.45) is 0 Å². The Bertz CT molecular complexity index is 470. The Labute approximate surface area is 135 Å². The number of hydrogen-bond acceptors (Lipinski definition) is 3. The number of amides is 1. The Hall–Kier alpha value is -0.180. The van der Waals surface area contributed by atoms with Gasteiger partial charge in [0.2, 0.25) is 0 Å². The van der Waals surface area contributed by atoms with Crippen LogP contribution in [0.4, 0.5) is 0 Å². The molecule has 0 aliphatic carbocycles. The molecule has 1 aliphatic rings. The van der Waals surface area contributed by atoms with Gasteiger partial charge in [-0.2, -0.15) is 0 Å². The molecule has 0 spiro atoms. The van der Waals surface area contributed by atoms with Crippen molar-refractivity contribution in [1.29, 1.82) is 0 Å². The minimum Gasteiger partial charge on any atom is -0.374 e. The van der Waals surface area contributed by atoms with Crippen LogP contribution in [0.3, 0.4) is 0 Å². The average Bonchev–Trinajstić information content (AvgIpc) is 2.39. The minimum absolute atomic E-state index is 0.0674. The van der Waals surface area contributed by atoms with E-state index in [9.17, 15) is 4.79 Å². The molecular formula is C13H16BrIN2O2. The van der Waals surface area contributed by atoms with Crippen LogP contribution in [0.1, 0.15) is 10.4 Å². The molecule has 1 aromatic rings. The predicted molar refractivity (Wildman–Crippen MR) is 86.4 cm³/mol. The molecule has 1 N–H and O–H groups in total. The lowest BCUT2D eigenvalue weighted by atomic mass is 10.2. The summed E-state index contributed by atoms with van der Waals surface area (Å²) < 4.78 is 7.47. The number of hydrogen-bond donors (Lipinski definition) is 1. The molecule has 0 bridgehead atoms. The number of carbonyl (C=O) groups is 1.